The number of hydrogen-bond acceptors (Lipinski definition) is 2. The first-order valence-electron chi connectivity index (χ1n) is 5.86. The highest BCUT2D eigenvalue weighted by Gasteiger charge is 2.44. The van der Waals surface area contributed by atoms with E-state index in [0.29, 0.717) is 11.1 Å². The van der Waals surface area contributed by atoms with E-state index in [1.54, 1.807) is 0 Å². The highest BCUT2D eigenvalue weighted by Crippen LogP contribution is 2.49. The van der Waals surface area contributed by atoms with Crippen LogP contribution in [-0.2, 0) is 5.60 Å². The Labute approximate surface area is 100 Å². The summed E-state index contributed by atoms with van der Waals surface area (Å²) in [4.78, 5) is 0. The molecular weight excluding hydrogens is 224 g/mol. The van der Waals surface area contributed by atoms with Crippen LogP contribution in [0.25, 0.3) is 0 Å². The molecule has 0 aliphatic heterocycles. The van der Waals surface area contributed by atoms with Gasteiger partial charge in [-0.2, -0.15) is 0 Å². The van der Waals surface area contributed by atoms with Crippen LogP contribution in [0.5, 0.6) is 5.75 Å². The van der Waals surface area contributed by atoms with Crippen LogP contribution in [0.1, 0.15) is 37.7 Å². The zero-order valence-electron chi connectivity index (χ0n) is 9.08. The molecule has 0 spiro atoms. The lowest BCUT2D eigenvalue weighted by atomic mass is 9.96. The van der Waals surface area contributed by atoms with Crippen LogP contribution in [0, 0.1) is 0 Å². The van der Waals surface area contributed by atoms with Gasteiger partial charge in [0.25, 0.3) is 0 Å². The van der Waals surface area contributed by atoms with Gasteiger partial charge in [-0.1, -0.05) is 11.6 Å². The van der Waals surface area contributed by atoms with Crippen LogP contribution >= 0.6 is 11.6 Å². The second kappa shape index (κ2) is 3.64. The monoisotopic (exact) mass is 238 g/mol. The lowest BCUT2D eigenvalue weighted by Gasteiger charge is -2.28. The molecule has 16 heavy (non-hydrogen) atoms. The van der Waals surface area contributed by atoms with E-state index in [-0.39, 0.29) is 0 Å². The number of halogens is 1. The first-order valence-corrected chi connectivity index (χ1v) is 6.24. The zero-order chi connectivity index (χ0) is 11.2. The van der Waals surface area contributed by atoms with Gasteiger partial charge in [-0.25, -0.2) is 0 Å². The van der Waals surface area contributed by atoms with Gasteiger partial charge >= 0.3 is 0 Å². The first-order chi connectivity index (χ1) is 7.67. The van der Waals surface area contributed by atoms with E-state index in [1.165, 1.54) is 6.42 Å². The van der Waals surface area contributed by atoms with Crippen molar-refractivity contribution >= 4 is 11.6 Å². The molecule has 2 saturated carbocycles. The molecule has 0 amide bonds. The minimum Gasteiger partial charge on any atom is -0.490 e. The van der Waals surface area contributed by atoms with Crippen molar-refractivity contribution in [2.45, 2.75) is 43.8 Å². The Morgan fingerprint density at radius 3 is 2.62 bits per heavy atom. The van der Waals surface area contributed by atoms with Crippen molar-refractivity contribution in [3.8, 4) is 5.75 Å². The number of ether oxygens (including phenoxy) is 1. The zero-order valence-corrected chi connectivity index (χ0v) is 9.83. The molecule has 2 aliphatic carbocycles. The smallest absolute Gasteiger partial charge is 0.125 e. The van der Waals surface area contributed by atoms with Crippen molar-refractivity contribution < 1.29 is 9.84 Å². The van der Waals surface area contributed by atoms with E-state index in [2.05, 4.69) is 0 Å². The highest BCUT2D eigenvalue weighted by atomic mass is 35.5. The van der Waals surface area contributed by atoms with Gasteiger partial charge in [0, 0.05) is 10.6 Å². The van der Waals surface area contributed by atoms with Crippen LogP contribution in [0.2, 0.25) is 5.02 Å². The fraction of sp³-hybridized carbons (Fsp3) is 0.538. The molecule has 2 fully saturated rings. The molecule has 1 N–H and O–H groups in total. The van der Waals surface area contributed by atoms with Crippen LogP contribution in [0.3, 0.4) is 0 Å². The van der Waals surface area contributed by atoms with Crippen molar-refractivity contribution in [3.63, 3.8) is 0 Å². The summed E-state index contributed by atoms with van der Waals surface area (Å²) < 4.78 is 5.88. The maximum Gasteiger partial charge on any atom is 0.125 e. The standard InChI is InChI=1S/C13H15ClO2/c14-9-4-5-12(16-10-2-1-3-10)11(8-9)13(15)6-7-13/h4-5,8,10,15H,1-3,6-7H2. The first kappa shape index (κ1) is 10.4. The van der Waals surface area contributed by atoms with Crippen molar-refractivity contribution in [2.24, 2.45) is 0 Å². The van der Waals surface area contributed by atoms with Gasteiger partial charge in [-0.3, -0.25) is 0 Å². The molecule has 2 nitrogen and oxygen atoms in total. The summed E-state index contributed by atoms with van der Waals surface area (Å²) in [6, 6.07) is 5.54. The Morgan fingerprint density at radius 2 is 2.06 bits per heavy atom. The van der Waals surface area contributed by atoms with Gasteiger partial charge < -0.3 is 9.84 Å². The fourth-order valence-corrected chi connectivity index (χ4v) is 2.20. The summed E-state index contributed by atoms with van der Waals surface area (Å²) in [5.74, 6) is 0.814. The summed E-state index contributed by atoms with van der Waals surface area (Å²) in [7, 11) is 0. The molecule has 2 aliphatic rings. The maximum atomic E-state index is 10.2. The molecule has 1 aromatic rings. The molecule has 3 rings (SSSR count). The average Bonchev–Trinajstić information content (AvgIpc) is 2.93. The molecular formula is C13H15ClO2. The minimum absolute atomic E-state index is 0.335. The van der Waals surface area contributed by atoms with Gasteiger partial charge in [0.1, 0.15) is 5.75 Å². The molecule has 0 unspecified atom stereocenters. The summed E-state index contributed by atoms with van der Waals surface area (Å²) in [6.07, 6.45) is 5.46. The predicted molar refractivity (Wildman–Crippen MR) is 62.8 cm³/mol. The van der Waals surface area contributed by atoms with E-state index in [0.717, 1.165) is 37.0 Å². The Hall–Kier alpha value is -0.730. The summed E-state index contributed by atoms with van der Waals surface area (Å²) >= 11 is 5.97. The number of aliphatic hydroxyl groups is 1. The number of hydrogen-bond donors (Lipinski definition) is 1. The van der Waals surface area contributed by atoms with Crippen LogP contribution < -0.4 is 4.74 Å². The third-order valence-corrected chi connectivity index (χ3v) is 3.75. The normalized spacial score (nSPS) is 22.6. The van der Waals surface area contributed by atoms with Gasteiger partial charge in [-0.15, -0.1) is 0 Å². The molecule has 0 saturated heterocycles. The molecule has 0 radical (unpaired) electrons. The summed E-state index contributed by atoms with van der Waals surface area (Å²) in [5.41, 5.74) is 0.191. The van der Waals surface area contributed by atoms with E-state index >= 15 is 0 Å². The molecule has 0 atom stereocenters. The highest BCUT2D eigenvalue weighted by molar-refractivity contribution is 6.30. The average molecular weight is 239 g/mol. The molecule has 3 heteroatoms. The predicted octanol–water partition coefficient (Wildman–Crippen LogP) is 3.25. The Morgan fingerprint density at radius 1 is 1.31 bits per heavy atom. The van der Waals surface area contributed by atoms with Crippen LogP contribution in [0.15, 0.2) is 18.2 Å². The third kappa shape index (κ3) is 1.80. The maximum absolute atomic E-state index is 10.2. The van der Waals surface area contributed by atoms with Crippen LogP contribution in [0.4, 0.5) is 0 Å². The second-order valence-corrected chi connectivity index (χ2v) is 5.28. The Kier molecular flexibility index (Phi) is 2.37. The van der Waals surface area contributed by atoms with Gasteiger partial charge in [0.05, 0.1) is 11.7 Å². The lowest BCUT2D eigenvalue weighted by Crippen LogP contribution is -2.25. The molecule has 1 aromatic carbocycles. The fourth-order valence-electron chi connectivity index (χ4n) is 2.02. The van der Waals surface area contributed by atoms with E-state index in [9.17, 15) is 5.11 Å². The SMILES string of the molecule is OC1(c2cc(Cl)ccc2OC2CCC2)CC1. The van der Waals surface area contributed by atoms with Gasteiger partial charge in [-0.05, 0) is 50.3 Å². The van der Waals surface area contributed by atoms with E-state index in [1.807, 2.05) is 18.2 Å². The lowest BCUT2D eigenvalue weighted by molar-refractivity contribution is 0.105. The van der Waals surface area contributed by atoms with E-state index in [4.69, 9.17) is 16.3 Å². The second-order valence-electron chi connectivity index (χ2n) is 4.84. The summed E-state index contributed by atoms with van der Waals surface area (Å²) in [6.45, 7) is 0. The summed E-state index contributed by atoms with van der Waals surface area (Å²) in [5, 5.41) is 10.8. The van der Waals surface area contributed by atoms with Crippen LogP contribution in [-0.4, -0.2) is 11.2 Å². The Balaban J connectivity index is 1.89. The van der Waals surface area contributed by atoms with Gasteiger partial charge in [0.15, 0.2) is 0 Å². The van der Waals surface area contributed by atoms with E-state index < -0.39 is 5.60 Å². The van der Waals surface area contributed by atoms with Crippen molar-refractivity contribution in [2.75, 3.05) is 0 Å². The molecule has 0 heterocycles. The quantitative estimate of drug-likeness (QED) is 0.876. The Bertz CT molecular complexity index is 408. The molecule has 0 bridgehead atoms. The van der Waals surface area contributed by atoms with Gasteiger partial charge in [0.2, 0.25) is 0 Å². The topological polar surface area (TPSA) is 29.5 Å². The van der Waals surface area contributed by atoms with Crippen molar-refractivity contribution in [1.82, 2.24) is 0 Å². The number of benzene rings is 1. The molecule has 0 aromatic heterocycles. The number of rotatable bonds is 3. The molecule has 86 valence electrons. The largest absolute Gasteiger partial charge is 0.490 e. The van der Waals surface area contributed by atoms with Crippen molar-refractivity contribution in [3.05, 3.63) is 28.8 Å². The minimum atomic E-state index is -0.677. The van der Waals surface area contributed by atoms with Crippen molar-refractivity contribution in [1.29, 1.82) is 0 Å². The third-order valence-electron chi connectivity index (χ3n) is 3.51.